The van der Waals surface area contributed by atoms with Crippen LogP contribution in [0.25, 0.3) is 0 Å². The van der Waals surface area contributed by atoms with E-state index in [1.54, 1.807) is 0 Å². The Morgan fingerprint density at radius 2 is 1.37 bits per heavy atom. The van der Waals surface area contributed by atoms with Gasteiger partial charge in [0.2, 0.25) is 0 Å². The van der Waals surface area contributed by atoms with Crippen molar-refractivity contribution < 1.29 is 53.7 Å². The molecule has 0 aliphatic rings. The van der Waals surface area contributed by atoms with Gasteiger partial charge >= 0.3 is 25.2 Å². The molecular weight excluding hydrogens is 303 g/mol. The molecule has 0 spiro atoms. The van der Waals surface area contributed by atoms with Gasteiger partial charge in [-0.05, 0) is 0 Å². The van der Waals surface area contributed by atoms with E-state index in [0.29, 0.717) is 7.11 Å². The maximum atomic E-state index is 12.9. The monoisotopic (exact) mass is 310 g/mol. The van der Waals surface area contributed by atoms with Crippen LogP contribution in [0.5, 0.6) is 0 Å². The van der Waals surface area contributed by atoms with Crippen molar-refractivity contribution in [2.45, 2.75) is 25.2 Å². The molecule has 1 atom stereocenters. The van der Waals surface area contributed by atoms with Crippen molar-refractivity contribution in [1.82, 2.24) is 0 Å². The van der Waals surface area contributed by atoms with E-state index in [-0.39, 0.29) is 0 Å². The van der Waals surface area contributed by atoms with Crippen LogP contribution in [-0.2, 0) is 14.2 Å². The highest BCUT2D eigenvalue weighted by molar-refractivity contribution is 4.77. The number of rotatable bonds is 7. The maximum absolute atomic E-state index is 12.9. The molecule has 0 saturated heterocycles. The summed E-state index contributed by atoms with van der Waals surface area (Å²) in [6.07, 6.45) is -16.8. The Hall–Kier alpha value is -0.750. The fourth-order valence-corrected chi connectivity index (χ4v) is 0.983. The van der Waals surface area contributed by atoms with Crippen molar-refractivity contribution in [2.75, 3.05) is 13.7 Å². The summed E-state index contributed by atoms with van der Waals surface area (Å²) >= 11 is 0. The Kier molecular flexibility index (Phi) is 5.89. The van der Waals surface area contributed by atoms with Gasteiger partial charge in [0, 0.05) is 7.11 Å². The Balaban J connectivity index is 5.17. The predicted molar refractivity (Wildman–Crippen MR) is 39.5 cm³/mol. The van der Waals surface area contributed by atoms with E-state index >= 15 is 0 Å². The minimum absolute atomic E-state index is 0.592. The molecule has 0 radical (unpaired) electrons. The summed E-state index contributed by atoms with van der Waals surface area (Å²) in [6.45, 7) is -5.90. The van der Waals surface area contributed by atoms with Crippen LogP contribution in [-0.4, -0.2) is 38.9 Å². The molecule has 0 fully saturated rings. The first kappa shape index (κ1) is 18.2. The van der Waals surface area contributed by atoms with Gasteiger partial charge in [-0.25, -0.2) is 4.74 Å². The zero-order valence-electron chi connectivity index (χ0n) is 8.99. The summed E-state index contributed by atoms with van der Waals surface area (Å²) in [5.41, 5.74) is 0. The smallest absolute Gasteiger partial charge is 0.384 e. The third-order valence-corrected chi connectivity index (χ3v) is 1.64. The first-order chi connectivity index (χ1) is 8.32. The molecule has 0 heterocycles. The van der Waals surface area contributed by atoms with Crippen molar-refractivity contribution in [3.63, 3.8) is 0 Å². The lowest BCUT2D eigenvalue weighted by Crippen LogP contribution is -2.50. The molecular formula is C7H7F9O3. The van der Waals surface area contributed by atoms with E-state index in [2.05, 4.69) is 14.2 Å². The van der Waals surface area contributed by atoms with Crippen LogP contribution < -0.4 is 0 Å². The van der Waals surface area contributed by atoms with Crippen molar-refractivity contribution in [2.24, 2.45) is 5.92 Å². The highest BCUT2D eigenvalue weighted by atomic mass is 19.4. The van der Waals surface area contributed by atoms with Gasteiger partial charge in [-0.2, -0.15) is 26.3 Å². The topological polar surface area (TPSA) is 27.7 Å². The lowest BCUT2D eigenvalue weighted by molar-refractivity contribution is -0.470. The molecule has 116 valence electrons. The van der Waals surface area contributed by atoms with E-state index in [4.69, 9.17) is 0 Å². The molecule has 0 aliphatic heterocycles. The van der Waals surface area contributed by atoms with Crippen LogP contribution in [0.3, 0.4) is 0 Å². The normalized spacial score (nSPS) is 15.9. The van der Waals surface area contributed by atoms with Gasteiger partial charge in [0.25, 0.3) is 0 Å². The second-order valence-corrected chi connectivity index (χ2v) is 3.06. The first-order valence-corrected chi connectivity index (χ1v) is 4.29. The van der Waals surface area contributed by atoms with E-state index in [0.717, 1.165) is 0 Å². The molecule has 12 heteroatoms. The van der Waals surface area contributed by atoms with Crippen molar-refractivity contribution in [3.8, 4) is 0 Å². The lowest BCUT2D eigenvalue weighted by atomic mass is 10.1. The average Bonchev–Trinajstić information content (AvgIpc) is 2.06. The van der Waals surface area contributed by atoms with Gasteiger partial charge < -0.3 is 4.74 Å². The van der Waals surface area contributed by atoms with Gasteiger partial charge in [0.15, 0.2) is 5.92 Å². The van der Waals surface area contributed by atoms with Gasteiger partial charge in [0.1, 0.15) is 0 Å². The number of ether oxygens (including phenoxy) is 3. The molecule has 1 unspecified atom stereocenters. The summed E-state index contributed by atoms with van der Waals surface area (Å²) in [4.78, 5) is 0. The van der Waals surface area contributed by atoms with E-state index in [1.807, 2.05) is 0 Å². The molecule has 0 N–H and O–H groups in total. The number of alkyl halides is 9. The molecule has 0 saturated carbocycles. The van der Waals surface area contributed by atoms with Crippen molar-refractivity contribution in [1.29, 1.82) is 0 Å². The summed E-state index contributed by atoms with van der Waals surface area (Å²) in [5, 5.41) is 0. The maximum Gasteiger partial charge on any atom is 0.527 e. The Bertz CT molecular complexity index is 277. The number of hydrogen-bond acceptors (Lipinski definition) is 3. The minimum Gasteiger partial charge on any atom is -0.384 e. The van der Waals surface area contributed by atoms with Crippen LogP contribution in [0.15, 0.2) is 0 Å². The van der Waals surface area contributed by atoms with Crippen LogP contribution in [0.1, 0.15) is 0 Å². The zero-order chi connectivity index (χ0) is 15.5. The van der Waals surface area contributed by atoms with Gasteiger partial charge in [-0.15, -0.1) is 13.2 Å². The van der Waals surface area contributed by atoms with Crippen LogP contribution in [0, 0.1) is 5.92 Å². The Morgan fingerprint density at radius 1 is 0.895 bits per heavy atom. The highest BCUT2D eigenvalue weighted by Gasteiger charge is 2.62. The number of hydrogen-bond donors (Lipinski definition) is 0. The van der Waals surface area contributed by atoms with Crippen LogP contribution in [0.2, 0.25) is 0 Å². The van der Waals surface area contributed by atoms with E-state index in [1.165, 1.54) is 0 Å². The molecule has 0 aliphatic carbocycles. The summed E-state index contributed by atoms with van der Waals surface area (Å²) < 4.78 is 118. The molecule has 19 heavy (non-hydrogen) atoms. The van der Waals surface area contributed by atoms with Crippen LogP contribution in [0.4, 0.5) is 39.5 Å². The summed E-state index contributed by atoms with van der Waals surface area (Å²) in [6, 6.07) is 0. The van der Waals surface area contributed by atoms with Gasteiger partial charge in [-0.3, -0.25) is 4.74 Å². The van der Waals surface area contributed by atoms with E-state index in [9.17, 15) is 39.5 Å². The third-order valence-electron chi connectivity index (χ3n) is 1.64. The fraction of sp³-hybridized carbons (Fsp3) is 1.00. The van der Waals surface area contributed by atoms with Crippen molar-refractivity contribution in [3.05, 3.63) is 0 Å². The standard InChI is InChI=1S/C7H7F9O3/c1-17-2-3(5(10,11)18-4(8)9)6(12,13)19-7(14,15)16/h3-4H,2H2,1H3. The third kappa shape index (κ3) is 6.29. The number of methoxy groups -OCH3 is 1. The van der Waals surface area contributed by atoms with Gasteiger partial charge in [0.05, 0.1) is 6.61 Å². The Morgan fingerprint density at radius 3 is 1.68 bits per heavy atom. The SMILES string of the molecule is COCC(C(F)(F)OC(F)F)C(F)(F)OC(F)(F)F. The van der Waals surface area contributed by atoms with Gasteiger partial charge in [-0.1, -0.05) is 0 Å². The van der Waals surface area contributed by atoms with E-state index < -0.39 is 37.7 Å². The Labute approximate surface area is 99.8 Å². The molecule has 0 rings (SSSR count). The molecule has 0 aromatic carbocycles. The van der Waals surface area contributed by atoms with Crippen molar-refractivity contribution >= 4 is 0 Å². The largest absolute Gasteiger partial charge is 0.527 e. The molecule has 0 aromatic rings. The second kappa shape index (κ2) is 6.13. The highest BCUT2D eigenvalue weighted by Crippen LogP contribution is 2.42. The molecule has 3 nitrogen and oxygen atoms in total. The quantitative estimate of drug-likeness (QED) is 0.676. The summed E-state index contributed by atoms with van der Waals surface area (Å²) in [7, 11) is 0.592. The first-order valence-electron chi connectivity index (χ1n) is 4.29. The second-order valence-electron chi connectivity index (χ2n) is 3.06. The number of halogens is 9. The molecule has 0 bridgehead atoms. The summed E-state index contributed by atoms with van der Waals surface area (Å²) in [5.74, 6) is -3.72. The van der Waals surface area contributed by atoms with Crippen LogP contribution >= 0.6 is 0 Å². The fourth-order valence-electron chi connectivity index (χ4n) is 0.983. The lowest BCUT2D eigenvalue weighted by Gasteiger charge is -2.31. The predicted octanol–water partition coefficient (Wildman–Crippen LogP) is 3.21. The average molecular weight is 310 g/mol. The molecule has 0 amide bonds. The molecule has 0 aromatic heterocycles. The zero-order valence-corrected chi connectivity index (χ0v) is 8.99. The minimum atomic E-state index is -5.96.